The molecule has 2 aromatic carbocycles. The van der Waals surface area contributed by atoms with Gasteiger partial charge in [0.1, 0.15) is 5.75 Å². The molecule has 4 heteroatoms. The van der Waals surface area contributed by atoms with Gasteiger partial charge in [-0.15, -0.1) is 0 Å². The number of hydrogen-bond donors (Lipinski definition) is 0. The van der Waals surface area contributed by atoms with E-state index in [-0.39, 0.29) is 0 Å². The summed E-state index contributed by atoms with van der Waals surface area (Å²) in [5, 5.41) is 0. The molecule has 2 aliphatic heterocycles. The fourth-order valence-corrected chi connectivity index (χ4v) is 3.85. The second-order valence-electron chi connectivity index (χ2n) is 6.70. The van der Waals surface area contributed by atoms with E-state index in [1.54, 1.807) is 7.11 Å². The molecular formula is C21H26N2O2. The van der Waals surface area contributed by atoms with Crippen molar-refractivity contribution in [3.05, 3.63) is 42.5 Å². The summed E-state index contributed by atoms with van der Waals surface area (Å²) in [4.78, 5) is 4.82. The predicted molar refractivity (Wildman–Crippen MR) is 103 cm³/mol. The monoisotopic (exact) mass is 338 g/mol. The van der Waals surface area contributed by atoms with Gasteiger partial charge in [-0.2, -0.15) is 0 Å². The second kappa shape index (κ2) is 7.36. The Balaban J connectivity index is 1.65. The predicted octanol–water partition coefficient (Wildman–Crippen LogP) is 3.80. The van der Waals surface area contributed by atoms with E-state index in [1.165, 1.54) is 37.2 Å². The van der Waals surface area contributed by atoms with Gasteiger partial charge in [0.2, 0.25) is 0 Å². The van der Waals surface area contributed by atoms with Gasteiger partial charge in [0.05, 0.1) is 26.0 Å². The second-order valence-corrected chi connectivity index (χ2v) is 6.70. The van der Waals surface area contributed by atoms with Gasteiger partial charge in [0.25, 0.3) is 0 Å². The first-order valence-corrected chi connectivity index (χ1v) is 9.22. The molecule has 0 aromatic heterocycles. The lowest BCUT2D eigenvalue weighted by Crippen LogP contribution is -2.36. The molecule has 0 radical (unpaired) electrons. The van der Waals surface area contributed by atoms with Crippen LogP contribution in [0.3, 0.4) is 0 Å². The first kappa shape index (κ1) is 16.3. The van der Waals surface area contributed by atoms with Crippen LogP contribution in [-0.2, 0) is 4.74 Å². The quantitative estimate of drug-likeness (QED) is 0.847. The van der Waals surface area contributed by atoms with E-state index in [2.05, 4.69) is 52.3 Å². The van der Waals surface area contributed by atoms with E-state index in [0.29, 0.717) is 0 Å². The van der Waals surface area contributed by atoms with Crippen LogP contribution in [0.25, 0.3) is 11.1 Å². The summed E-state index contributed by atoms with van der Waals surface area (Å²) in [5.74, 6) is 0.957. The smallest absolute Gasteiger partial charge is 0.149 e. The Kier molecular flexibility index (Phi) is 4.79. The molecule has 0 saturated carbocycles. The van der Waals surface area contributed by atoms with Crippen LogP contribution in [-0.4, -0.2) is 46.5 Å². The zero-order chi connectivity index (χ0) is 17.1. The summed E-state index contributed by atoms with van der Waals surface area (Å²) < 4.78 is 11.3. The maximum atomic E-state index is 5.82. The molecule has 0 bridgehead atoms. The standard InChI is InChI=1S/C21H26N2O2/c1-24-21-19(5-4-6-20(21)23-13-15-25-16-14-23)17-7-9-18(10-8-17)22-11-2-3-12-22/h4-10H,2-3,11-16H2,1H3. The van der Waals surface area contributed by atoms with Crippen LogP contribution in [0, 0.1) is 0 Å². The Morgan fingerprint density at radius 3 is 2.24 bits per heavy atom. The Bertz CT molecular complexity index is 702. The van der Waals surface area contributed by atoms with Gasteiger partial charge >= 0.3 is 0 Å². The average molecular weight is 338 g/mol. The lowest BCUT2D eigenvalue weighted by molar-refractivity contribution is 0.122. The Morgan fingerprint density at radius 1 is 0.840 bits per heavy atom. The van der Waals surface area contributed by atoms with Crippen LogP contribution in [0.2, 0.25) is 0 Å². The molecule has 2 aliphatic rings. The average Bonchev–Trinajstić information content (AvgIpc) is 3.23. The molecule has 4 nitrogen and oxygen atoms in total. The zero-order valence-electron chi connectivity index (χ0n) is 14.9. The summed E-state index contributed by atoms with van der Waals surface area (Å²) in [6.45, 7) is 5.72. The lowest BCUT2D eigenvalue weighted by Gasteiger charge is -2.30. The first-order chi connectivity index (χ1) is 12.4. The number of anilines is 2. The highest BCUT2D eigenvalue weighted by molar-refractivity contribution is 5.79. The Morgan fingerprint density at radius 2 is 1.56 bits per heavy atom. The van der Waals surface area contributed by atoms with Gasteiger partial charge in [-0.25, -0.2) is 0 Å². The summed E-state index contributed by atoms with van der Waals surface area (Å²) in [6.07, 6.45) is 2.61. The van der Waals surface area contributed by atoms with Crippen molar-refractivity contribution in [2.24, 2.45) is 0 Å². The third-order valence-electron chi connectivity index (χ3n) is 5.20. The van der Waals surface area contributed by atoms with Crippen molar-refractivity contribution in [3.8, 4) is 16.9 Å². The molecule has 0 N–H and O–H groups in total. The molecule has 132 valence electrons. The van der Waals surface area contributed by atoms with Crippen molar-refractivity contribution in [2.75, 3.05) is 56.3 Å². The minimum atomic E-state index is 0.776. The zero-order valence-corrected chi connectivity index (χ0v) is 14.9. The van der Waals surface area contributed by atoms with Crippen molar-refractivity contribution in [1.82, 2.24) is 0 Å². The Labute approximate surface area is 150 Å². The highest BCUT2D eigenvalue weighted by Crippen LogP contribution is 2.39. The van der Waals surface area contributed by atoms with Crippen molar-refractivity contribution in [1.29, 1.82) is 0 Å². The molecule has 0 amide bonds. The molecular weight excluding hydrogens is 312 g/mol. The van der Waals surface area contributed by atoms with Gasteiger partial charge < -0.3 is 19.3 Å². The normalized spacial score (nSPS) is 17.8. The van der Waals surface area contributed by atoms with Crippen molar-refractivity contribution in [2.45, 2.75) is 12.8 Å². The summed E-state index contributed by atoms with van der Waals surface area (Å²) >= 11 is 0. The number of rotatable bonds is 4. The van der Waals surface area contributed by atoms with Crippen LogP contribution in [0.5, 0.6) is 5.75 Å². The highest BCUT2D eigenvalue weighted by atomic mass is 16.5. The molecule has 25 heavy (non-hydrogen) atoms. The molecule has 2 saturated heterocycles. The fourth-order valence-electron chi connectivity index (χ4n) is 3.85. The van der Waals surface area contributed by atoms with E-state index < -0.39 is 0 Å². The van der Waals surface area contributed by atoms with Crippen LogP contribution in [0.4, 0.5) is 11.4 Å². The summed E-state index contributed by atoms with van der Waals surface area (Å²) in [5.41, 5.74) is 4.84. The van der Waals surface area contributed by atoms with Crippen molar-refractivity contribution < 1.29 is 9.47 Å². The van der Waals surface area contributed by atoms with Crippen molar-refractivity contribution >= 4 is 11.4 Å². The number of para-hydroxylation sites is 1. The number of methoxy groups -OCH3 is 1. The van der Waals surface area contributed by atoms with Crippen LogP contribution in [0.1, 0.15) is 12.8 Å². The van der Waals surface area contributed by atoms with Crippen LogP contribution >= 0.6 is 0 Å². The molecule has 0 unspecified atom stereocenters. The molecule has 2 aromatic rings. The Hall–Kier alpha value is -2.20. The van der Waals surface area contributed by atoms with Gasteiger partial charge in [-0.05, 0) is 36.6 Å². The van der Waals surface area contributed by atoms with E-state index in [4.69, 9.17) is 9.47 Å². The largest absolute Gasteiger partial charge is 0.494 e. The van der Waals surface area contributed by atoms with Gasteiger partial charge in [-0.1, -0.05) is 24.3 Å². The highest BCUT2D eigenvalue weighted by Gasteiger charge is 2.19. The minimum absolute atomic E-state index is 0.776. The number of hydrogen-bond acceptors (Lipinski definition) is 4. The summed E-state index contributed by atoms with van der Waals surface area (Å²) in [6, 6.07) is 15.3. The van der Waals surface area contributed by atoms with Crippen LogP contribution in [0.15, 0.2) is 42.5 Å². The maximum absolute atomic E-state index is 5.82. The van der Waals surface area contributed by atoms with Crippen LogP contribution < -0.4 is 14.5 Å². The first-order valence-electron chi connectivity index (χ1n) is 9.22. The van der Waals surface area contributed by atoms with E-state index >= 15 is 0 Å². The number of nitrogens with zero attached hydrogens (tertiary/aromatic N) is 2. The molecule has 2 fully saturated rings. The summed E-state index contributed by atoms with van der Waals surface area (Å²) in [7, 11) is 1.77. The number of benzene rings is 2. The molecule has 0 atom stereocenters. The van der Waals surface area contributed by atoms with Crippen molar-refractivity contribution in [3.63, 3.8) is 0 Å². The molecule has 0 aliphatic carbocycles. The topological polar surface area (TPSA) is 24.9 Å². The number of morpholine rings is 1. The SMILES string of the molecule is COc1c(-c2ccc(N3CCCC3)cc2)cccc1N1CCOCC1. The lowest BCUT2D eigenvalue weighted by atomic mass is 10.0. The number of ether oxygens (including phenoxy) is 2. The third-order valence-corrected chi connectivity index (χ3v) is 5.20. The molecule has 0 spiro atoms. The van der Waals surface area contributed by atoms with Gasteiger partial charge in [0, 0.05) is 37.4 Å². The van der Waals surface area contributed by atoms with Gasteiger partial charge in [0.15, 0.2) is 0 Å². The van der Waals surface area contributed by atoms with E-state index in [0.717, 1.165) is 43.3 Å². The maximum Gasteiger partial charge on any atom is 0.149 e. The van der Waals surface area contributed by atoms with Gasteiger partial charge in [-0.3, -0.25) is 0 Å². The molecule has 4 rings (SSSR count). The fraction of sp³-hybridized carbons (Fsp3) is 0.429. The van der Waals surface area contributed by atoms with E-state index in [9.17, 15) is 0 Å². The third kappa shape index (κ3) is 3.31. The van der Waals surface area contributed by atoms with E-state index in [1.807, 2.05) is 0 Å². The molecule has 2 heterocycles. The minimum Gasteiger partial charge on any atom is -0.494 e.